The zero-order valence-corrected chi connectivity index (χ0v) is 16.1. The summed E-state index contributed by atoms with van der Waals surface area (Å²) in [5.74, 6) is -1.79. The number of ether oxygens (including phenoxy) is 1. The Hall–Kier alpha value is -3.34. The van der Waals surface area contributed by atoms with Crippen LogP contribution in [-0.2, 0) is 23.9 Å². The van der Waals surface area contributed by atoms with Gasteiger partial charge in [-0.3, -0.25) is 29.5 Å². The number of anilines is 1. The number of hydrogen-bond donors (Lipinski definition) is 2. The number of rotatable bonds is 7. The predicted molar refractivity (Wildman–Crippen MR) is 103 cm³/mol. The van der Waals surface area contributed by atoms with Crippen molar-refractivity contribution in [1.29, 1.82) is 0 Å². The van der Waals surface area contributed by atoms with Crippen molar-refractivity contribution in [1.82, 2.24) is 15.6 Å². The van der Waals surface area contributed by atoms with Crippen LogP contribution in [0.5, 0.6) is 0 Å². The molecule has 2 heterocycles. The average molecular weight is 418 g/mol. The maximum atomic E-state index is 12.2. The van der Waals surface area contributed by atoms with E-state index in [0.717, 1.165) is 16.7 Å². The molecule has 4 amide bonds. The van der Waals surface area contributed by atoms with Crippen LogP contribution in [0.4, 0.5) is 10.5 Å². The molecule has 1 aromatic rings. The van der Waals surface area contributed by atoms with E-state index in [-0.39, 0.29) is 48.0 Å². The third kappa shape index (κ3) is 5.13. The Morgan fingerprint density at radius 3 is 2.59 bits per heavy atom. The number of thioether (sulfide) groups is 1. The third-order valence-electron chi connectivity index (χ3n) is 4.03. The van der Waals surface area contributed by atoms with Crippen LogP contribution in [0, 0.1) is 0 Å². The number of esters is 1. The molecule has 0 unspecified atom stereocenters. The summed E-state index contributed by atoms with van der Waals surface area (Å²) >= 11 is 0.915. The van der Waals surface area contributed by atoms with Crippen LogP contribution in [0.3, 0.4) is 0 Å². The molecular weight excluding hydrogens is 400 g/mol. The molecule has 1 fully saturated rings. The van der Waals surface area contributed by atoms with Gasteiger partial charge in [0.25, 0.3) is 11.1 Å². The highest BCUT2D eigenvalue weighted by Crippen LogP contribution is 2.18. The Bertz CT molecular complexity index is 856. The molecule has 2 N–H and O–H groups in total. The van der Waals surface area contributed by atoms with Gasteiger partial charge in [-0.2, -0.15) is 0 Å². The molecule has 0 aromatic heterocycles. The molecule has 0 bridgehead atoms. The lowest BCUT2D eigenvalue weighted by Crippen LogP contribution is -2.47. The van der Waals surface area contributed by atoms with Gasteiger partial charge in [-0.05, 0) is 18.2 Å². The van der Waals surface area contributed by atoms with E-state index in [1.165, 1.54) is 11.1 Å². The lowest BCUT2D eigenvalue weighted by molar-refractivity contribution is -0.145. The molecule has 0 atom stereocenters. The Kier molecular flexibility index (Phi) is 6.50. The fourth-order valence-corrected chi connectivity index (χ4v) is 3.34. The monoisotopic (exact) mass is 418 g/mol. The third-order valence-corrected chi connectivity index (χ3v) is 4.89. The molecular formula is C18H18N4O6S. The van der Waals surface area contributed by atoms with Gasteiger partial charge < -0.3 is 10.1 Å². The van der Waals surface area contributed by atoms with Crippen molar-refractivity contribution < 1.29 is 28.7 Å². The number of amides is 4. The van der Waals surface area contributed by atoms with Gasteiger partial charge >= 0.3 is 5.97 Å². The molecule has 0 radical (unpaired) electrons. The molecule has 2 aliphatic heterocycles. The topological polar surface area (TPSA) is 125 Å². The molecule has 2 aliphatic rings. The number of carbonyl (C=O) groups excluding carboxylic acids is 5. The first-order valence-electron chi connectivity index (χ1n) is 8.71. The summed E-state index contributed by atoms with van der Waals surface area (Å²) in [5, 5.41) is 3.37. The van der Waals surface area contributed by atoms with Crippen molar-refractivity contribution in [3.05, 3.63) is 42.1 Å². The molecule has 11 heteroatoms. The SMILES string of the molecule is O=C(COC(=O)C1=CCC(=O)N(c2ccccc2)N1)NCCN1C(=O)CSC1=O. The van der Waals surface area contributed by atoms with E-state index in [1.54, 1.807) is 30.3 Å². The van der Waals surface area contributed by atoms with Gasteiger partial charge in [0.05, 0.1) is 11.4 Å². The van der Waals surface area contributed by atoms with Crippen LogP contribution >= 0.6 is 11.8 Å². The molecule has 1 aromatic carbocycles. The van der Waals surface area contributed by atoms with Crippen molar-refractivity contribution in [2.75, 3.05) is 30.5 Å². The van der Waals surface area contributed by atoms with Crippen LogP contribution in [0.2, 0.25) is 0 Å². The minimum atomic E-state index is -0.783. The molecule has 29 heavy (non-hydrogen) atoms. The number of benzene rings is 1. The minimum Gasteiger partial charge on any atom is -0.451 e. The lowest BCUT2D eigenvalue weighted by Gasteiger charge is -2.28. The summed E-state index contributed by atoms with van der Waals surface area (Å²) in [5.41, 5.74) is 3.30. The van der Waals surface area contributed by atoms with E-state index in [1.807, 2.05) is 0 Å². The highest BCUT2D eigenvalue weighted by molar-refractivity contribution is 8.14. The smallest absolute Gasteiger partial charge is 0.356 e. The molecule has 0 spiro atoms. The van der Waals surface area contributed by atoms with Crippen LogP contribution in [-0.4, -0.2) is 59.3 Å². The first-order chi connectivity index (χ1) is 14.0. The zero-order chi connectivity index (χ0) is 20.8. The highest BCUT2D eigenvalue weighted by atomic mass is 32.2. The highest BCUT2D eigenvalue weighted by Gasteiger charge is 2.29. The number of nitrogens with one attached hydrogen (secondary N) is 2. The van der Waals surface area contributed by atoms with Crippen molar-refractivity contribution >= 4 is 46.4 Å². The Morgan fingerprint density at radius 2 is 1.90 bits per heavy atom. The summed E-state index contributed by atoms with van der Waals surface area (Å²) in [4.78, 5) is 60.0. The Labute approximate surface area is 170 Å². The number of nitrogens with zero attached hydrogens (tertiary/aromatic N) is 2. The summed E-state index contributed by atoms with van der Waals surface area (Å²) in [6, 6.07) is 8.73. The van der Waals surface area contributed by atoms with E-state index in [2.05, 4.69) is 10.7 Å². The summed E-state index contributed by atoms with van der Waals surface area (Å²) < 4.78 is 4.96. The average Bonchev–Trinajstić information content (AvgIpc) is 3.05. The van der Waals surface area contributed by atoms with Crippen molar-refractivity contribution in [3.63, 3.8) is 0 Å². The Balaban J connectivity index is 1.44. The van der Waals surface area contributed by atoms with E-state index in [0.29, 0.717) is 5.69 Å². The van der Waals surface area contributed by atoms with Gasteiger partial charge in [-0.1, -0.05) is 30.0 Å². The number of hydrazine groups is 1. The normalized spacial score (nSPS) is 16.4. The number of carbonyl (C=O) groups is 5. The summed E-state index contributed by atoms with van der Waals surface area (Å²) in [6.07, 6.45) is 1.40. The lowest BCUT2D eigenvalue weighted by atomic mass is 10.2. The van der Waals surface area contributed by atoms with E-state index in [4.69, 9.17) is 4.74 Å². The number of para-hydroxylation sites is 1. The van der Waals surface area contributed by atoms with Crippen molar-refractivity contribution in [3.8, 4) is 0 Å². The van der Waals surface area contributed by atoms with Gasteiger partial charge in [-0.25, -0.2) is 9.80 Å². The van der Waals surface area contributed by atoms with Crippen LogP contribution < -0.4 is 15.8 Å². The predicted octanol–water partition coefficient (Wildman–Crippen LogP) is 0.167. The largest absolute Gasteiger partial charge is 0.451 e. The van der Waals surface area contributed by atoms with E-state index in [9.17, 15) is 24.0 Å². The maximum absolute atomic E-state index is 12.2. The van der Waals surface area contributed by atoms with Gasteiger partial charge in [0, 0.05) is 19.5 Å². The van der Waals surface area contributed by atoms with Gasteiger partial charge in [0.1, 0.15) is 5.70 Å². The second-order valence-corrected chi connectivity index (χ2v) is 6.95. The molecule has 3 rings (SSSR count). The molecule has 1 saturated heterocycles. The Morgan fingerprint density at radius 1 is 1.14 bits per heavy atom. The maximum Gasteiger partial charge on any atom is 0.356 e. The number of hydrogen-bond acceptors (Lipinski definition) is 8. The quantitative estimate of drug-likeness (QED) is 0.600. The van der Waals surface area contributed by atoms with Crippen molar-refractivity contribution in [2.24, 2.45) is 0 Å². The van der Waals surface area contributed by atoms with Crippen LogP contribution in [0.1, 0.15) is 6.42 Å². The fraction of sp³-hybridized carbons (Fsp3) is 0.278. The fourth-order valence-electron chi connectivity index (χ4n) is 2.59. The standard InChI is InChI=1S/C18H18N4O6S/c23-14(19-8-9-21-16(25)11-29-18(21)27)10-28-17(26)13-6-7-15(24)22(20-13)12-4-2-1-3-5-12/h1-6,20H,7-11H2,(H,19,23). The summed E-state index contributed by atoms with van der Waals surface area (Å²) in [7, 11) is 0. The second kappa shape index (κ2) is 9.24. The van der Waals surface area contributed by atoms with Gasteiger partial charge in [0.2, 0.25) is 11.8 Å². The minimum absolute atomic E-state index is 0.00836. The van der Waals surface area contributed by atoms with Crippen molar-refractivity contribution in [2.45, 2.75) is 6.42 Å². The van der Waals surface area contributed by atoms with Crippen LogP contribution in [0.15, 0.2) is 42.1 Å². The van der Waals surface area contributed by atoms with E-state index < -0.39 is 18.5 Å². The van der Waals surface area contributed by atoms with Gasteiger partial charge in [-0.15, -0.1) is 0 Å². The number of imide groups is 1. The molecule has 10 nitrogen and oxygen atoms in total. The first kappa shape index (κ1) is 20.4. The zero-order valence-electron chi connectivity index (χ0n) is 15.3. The van der Waals surface area contributed by atoms with E-state index >= 15 is 0 Å². The van der Waals surface area contributed by atoms with Gasteiger partial charge in [0.15, 0.2) is 6.61 Å². The first-order valence-corrected chi connectivity index (χ1v) is 9.70. The molecule has 0 aliphatic carbocycles. The molecule has 152 valence electrons. The van der Waals surface area contributed by atoms with Crippen LogP contribution in [0.25, 0.3) is 0 Å². The molecule has 0 saturated carbocycles. The summed E-state index contributed by atoms with van der Waals surface area (Å²) in [6.45, 7) is -0.412. The second-order valence-electron chi connectivity index (χ2n) is 6.02.